The SMILES string of the molecule is CN(CC(=O)NC(C)(C)C)C(=O)c1cnn(-c2cccc(Cl)c2)c1. The summed E-state index contributed by atoms with van der Waals surface area (Å²) in [4.78, 5) is 25.7. The van der Waals surface area contributed by atoms with E-state index in [2.05, 4.69) is 10.4 Å². The van der Waals surface area contributed by atoms with Gasteiger partial charge in [-0.3, -0.25) is 9.59 Å². The fraction of sp³-hybridized carbons (Fsp3) is 0.353. The molecule has 0 saturated heterocycles. The van der Waals surface area contributed by atoms with E-state index in [0.29, 0.717) is 10.6 Å². The number of carbonyl (C=O) groups excluding carboxylic acids is 2. The highest BCUT2D eigenvalue weighted by atomic mass is 35.5. The molecule has 1 N–H and O–H groups in total. The van der Waals surface area contributed by atoms with Gasteiger partial charge in [0, 0.05) is 23.8 Å². The number of halogens is 1. The van der Waals surface area contributed by atoms with Gasteiger partial charge < -0.3 is 10.2 Å². The highest BCUT2D eigenvalue weighted by Crippen LogP contribution is 2.15. The lowest BCUT2D eigenvalue weighted by Crippen LogP contribution is -2.46. The number of amides is 2. The van der Waals surface area contributed by atoms with Crippen molar-refractivity contribution >= 4 is 23.4 Å². The molecule has 2 amide bonds. The maximum absolute atomic E-state index is 12.4. The summed E-state index contributed by atoms with van der Waals surface area (Å²) >= 11 is 5.96. The van der Waals surface area contributed by atoms with Crippen molar-refractivity contribution in [2.24, 2.45) is 0 Å². The highest BCUT2D eigenvalue weighted by molar-refractivity contribution is 6.30. The lowest BCUT2D eigenvalue weighted by Gasteiger charge is -2.23. The van der Waals surface area contributed by atoms with Crippen molar-refractivity contribution in [1.29, 1.82) is 0 Å². The average molecular weight is 349 g/mol. The van der Waals surface area contributed by atoms with Gasteiger partial charge in [0.1, 0.15) is 0 Å². The van der Waals surface area contributed by atoms with Crippen molar-refractivity contribution in [2.45, 2.75) is 26.3 Å². The van der Waals surface area contributed by atoms with Gasteiger partial charge in [0.05, 0.1) is 24.0 Å². The predicted molar refractivity (Wildman–Crippen MR) is 93.4 cm³/mol. The Bertz CT molecular complexity index is 749. The molecule has 0 aliphatic heterocycles. The molecular formula is C17H21ClN4O2. The zero-order valence-corrected chi connectivity index (χ0v) is 15.0. The fourth-order valence-electron chi connectivity index (χ4n) is 2.16. The van der Waals surface area contributed by atoms with E-state index in [9.17, 15) is 9.59 Å². The third-order valence-corrected chi connectivity index (χ3v) is 3.38. The Morgan fingerprint density at radius 2 is 2.04 bits per heavy atom. The molecular weight excluding hydrogens is 328 g/mol. The van der Waals surface area contributed by atoms with Crippen LogP contribution in [0.4, 0.5) is 0 Å². The molecule has 1 heterocycles. The smallest absolute Gasteiger partial charge is 0.257 e. The molecule has 0 saturated carbocycles. The molecule has 2 aromatic rings. The van der Waals surface area contributed by atoms with E-state index in [-0.39, 0.29) is 23.9 Å². The van der Waals surface area contributed by atoms with Gasteiger partial charge in [-0.1, -0.05) is 17.7 Å². The van der Waals surface area contributed by atoms with Crippen molar-refractivity contribution in [1.82, 2.24) is 20.0 Å². The molecule has 0 bridgehead atoms. The third kappa shape index (κ3) is 4.83. The van der Waals surface area contributed by atoms with Crippen LogP contribution in [0, 0.1) is 0 Å². The number of hydrogen-bond acceptors (Lipinski definition) is 3. The monoisotopic (exact) mass is 348 g/mol. The van der Waals surface area contributed by atoms with Gasteiger partial charge in [0.2, 0.25) is 5.91 Å². The summed E-state index contributed by atoms with van der Waals surface area (Å²) in [6.07, 6.45) is 3.09. The van der Waals surface area contributed by atoms with Gasteiger partial charge in [0.15, 0.2) is 0 Å². The number of hydrogen-bond donors (Lipinski definition) is 1. The van der Waals surface area contributed by atoms with Crippen LogP contribution in [-0.4, -0.2) is 45.6 Å². The number of aromatic nitrogens is 2. The largest absolute Gasteiger partial charge is 0.350 e. The quantitative estimate of drug-likeness (QED) is 0.923. The minimum atomic E-state index is -0.335. The van der Waals surface area contributed by atoms with Gasteiger partial charge >= 0.3 is 0 Å². The summed E-state index contributed by atoms with van der Waals surface area (Å²) in [6, 6.07) is 7.17. The minimum absolute atomic E-state index is 0.0154. The van der Waals surface area contributed by atoms with E-state index in [1.807, 2.05) is 32.9 Å². The first-order valence-corrected chi connectivity index (χ1v) is 7.90. The standard InChI is InChI=1S/C17H21ClN4O2/c1-17(2,3)20-15(23)11-21(4)16(24)12-9-19-22(10-12)14-7-5-6-13(18)8-14/h5-10H,11H2,1-4H3,(H,20,23). The lowest BCUT2D eigenvalue weighted by atomic mass is 10.1. The number of rotatable bonds is 4. The molecule has 1 aromatic heterocycles. The Morgan fingerprint density at radius 3 is 2.67 bits per heavy atom. The maximum Gasteiger partial charge on any atom is 0.257 e. The Labute approximate surface area is 146 Å². The first kappa shape index (κ1) is 18.0. The number of benzene rings is 1. The number of nitrogens with one attached hydrogen (secondary N) is 1. The van der Waals surface area contributed by atoms with Crippen LogP contribution in [0.1, 0.15) is 31.1 Å². The van der Waals surface area contributed by atoms with Gasteiger partial charge in [0.25, 0.3) is 5.91 Å². The first-order chi connectivity index (χ1) is 11.2. The second-order valence-corrected chi connectivity index (χ2v) is 7.05. The van der Waals surface area contributed by atoms with Gasteiger partial charge in [-0.05, 0) is 39.0 Å². The van der Waals surface area contributed by atoms with Crippen LogP contribution in [0.3, 0.4) is 0 Å². The normalized spacial score (nSPS) is 11.2. The molecule has 2 rings (SSSR count). The van der Waals surface area contributed by atoms with Crippen LogP contribution in [-0.2, 0) is 4.79 Å². The molecule has 0 spiro atoms. The fourth-order valence-corrected chi connectivity index (χ4v) is 2.34. The second kappa shape index (κ2) is 7.05. The van der Waals surface area contributed by atoms with Crippen LogP contribution >= 0.6 is 11.6 Å². The lowest BCUT2D eigenvalue weighted by molar-refractivity contribution is -0.122. The molecule has 0 radical (unpaired) electrons. The van der Waals surface area contributed by atoms with Crippen LogP contribution in [0.15, 0.2) is 36.7 Å². The Kier molecular flexibility index (Phi) is 5.29. The van der Waals surface area contributed by atoms with Crippen molar-refractivity contribution in [2.75, 3.05) is 13.6 Å². The van der Waals surface area contributed by atoms with Crippen molar-refractivity contribution in [3.63, 3.8) is 0 Å². The summed E-state index contributed by atoms with van der Waals surface area (Å²) in [7, 11) is 1.58. The van der Waals surface area contributed by atoms with Crippen LogP contribution in [0.25, 0.3) is 5.69 Å². The number of likely N-dealkylation sites (N-methyl/N-ethyl adjacent to an activating group) is 1. The summed E-state index contributed by atoms with van der Waals surface area (Å²) < 4.78 is 1.57. The van der Waals surface area contributed by atoms with E-state index < -0.39 is 0 Å². The summed E-state index contributed by atoms with van der Waals surface area (Å²) in [5.41, 5.74) is 0.828. The van der Waals surface area contributed by atoms with E-state index in [1.165, 1.54) is 11.1 Å². The van der Waals surface area contributed by atoms with Gasteiger partial charge in [-0.15, -0.1) is 0 Å². The van der Waals surface area contributed by atoms with E-state index in [4.69, 9.17) is 11.6 Å². The van der Waals surface area contributed by atoms with Crippen molar-refractivity contribution < 1.29 is 9.59 Å². The molecule has 128 valence electrons. The summed E-state index contributed by atoms with van der Waals surface area (Å²) in [5.74, 6) is -0.479. The average Bonchev–Trinajstić information content (AvgIpc) is 2.94. The molecule has 0 aliphatic rings. The van der Waals surface area contributed by atoms with E-state index >= 15 is 0 Å². The zero-order valence-electron chi connectivity index (χ0n) is 14.2. The number of nitrogens with zero attached hydrogens (tertiary/aromatic N) is 3. The molecule has 0 unspecified atom stereocenters. The molecule has 7 heteroatoms. The topological polar surface area (TPSA) is 67.2 Å². The van der Waals surface area contributed by atoms with Crippen LogP contribution < -0.4 is 5.32 Å². The van der Waals surface area contributed by atoms with Gasteiger partial charge in [-0.25, -0.2) is 4.68 Å². The molecule has 0 aliphatic carbocycles. The molecule has 24 heavy (non-hydrogen) atoms. The molecule has 1 aromatic carbocycles. The second-order valence-electron chi connectivity index (χ2n) is 6.61. The Balaban J connectivity index is 2.06. The third-order valence-electron chi connectivity index (χ3n) is 3.14. The maximum atomic E-state index is 12.4. The summed E-state index contributed by atoms with van der Waals surface area (Å²) in [5, 5.41) is 7.59. The molecule has 0 atom stereocenters. The minimum Gasteiger partial charge on any atom is -0.350 e. The number of carbonyl (C=O) groups is 2. The Hall–Kier alpha value is -2.34. The molecule has 0 fully saturated rings. The van der Waals surface area contributed by atoms with Gasteiger partial charge in [-0.2, -0.15) is 5.10 Å². The first-order valence-electron chi connectivity index (χ1n) is 7.53. The zero-order chi connectivity index (χ0) is 17.9. The van der Waals surface area contributed by atoms with E-state index in [1.54, 1.807) is 30.1 Å². The van der Waals surface area contributed by atoms with E-state index in [0.717, 1.165) is 5.69 Å². The molecule has 6 nitrogen and oxygen atoms in total. The van der Waals surface area contributed by atoms with Crippen LogP contribution in [0.5, 0.6) is 0 Å². The van der Waals surface area contributed by atoms with Crippen LogP contribution in [0.2, 0.25) is 5.02 Å². The summed E-state index contributed by atoms with van der Waals surface area (Å²) in [6.45, 7) is 5.66. The van der Waals surface area contributed by atoms with Crippen molar-refractivity contribution in [3.8, 4) is 5.69 Å². The highest BCUT2D eigenvalue weighted by Gasteiger charge is 2.19. The predicted octanol–water partition coefficient (Wildman–Crippen LogP) is 2.51. The van der Waals surface area contributed by atoms with Crippen molar-refractivity contribution in [3.05, 3.63) is 47.2 Å². The Morgan fingerprint density at radius 1 is 1.33 bits per heavy atom.